The van der Waals surface area contributed by atoms with Crippen LogP contribution in [0.4, 0.5) is 0 Å². The van der Waals surface area contributed by atoms with Crippen molar-refractivity contribution in [3.05, 3.63) is 23.7 Å². The van der Waals surface area contributed by atoms with E-state index in [9.17, 15) is 29.1 Å². The van der Waals surface area contributed by atoms with Crippen LogP contribution < -0.4 is 0 Å². The first-order valence-electron chi connectivity index (χ1n) is 9.87. The number of carbonyl (C=O) groups is 5. The number of aliphatic hydroxyl groups is 1. The van der Waals surface area contributed by atoms with Gasteiger partial charge in [0, 0.05) is 6.54 Å². The Hall–Kier alpha value is -3.21. The molecule has 0 aromatic carbocycles. The van der Waals surface area contributed by atoms with Crippen molar-refractivity contribution in [3.8, 4) is 0 Å². The molecular weight excluding hydrogens is 410 g/mol. The molecule has 3 aliphatic rings. The van der Waals surface area contributed by atoms with E-state index in [1.807, 2.05) is 0 Å². The molecule has 4 atom stereocenters. The molecule has 4 amide bonds. The maximum atomic E-state index is 13.4. The number of esters is 1. The van der Waals surface area contributed by atoms with Crippen LogP contribution in [0.5, 0.6) is 0 Å². The van der Waals surface area contributed by atoms with Crippen LogP contribution in [0.15, 0.2) is 16.5 Å². The molecule has 4 rings (SSSR count). The first kappa shape index (κ1) is 21.0. The molecule has 166 valence electrons. The number of aliphatic hydroxyl groups excluding tert-OH is 1. The zero-order valence-corrected chi connectivity index (χ0v) is 17.4. The smallest absolute Gasteiger partial charge is 0.325 e. The van der Waals surface area contributed by atoms with Crippen molar-refractivity contribution in [3.63, 3.8) is 0 Å². The van der Waals surface area contributed by atoms with Gasteiger partial charge < -0.3 is 24.1 Å². The molecule has 11 nitrogen and oxygen atoms in total. The van der Waals surface area contributed by atoms with E-state index in [1.54, 1.807) is 19.1 Å². The Morgan fingerprint density at radius 3 is 2.55 bits per heavy atom. The van der Waals surface area contributed by atoms with E-state index in [-0.39, 0.29) is 25.5 Å². The summed E-state index contributed by atoms with van der Waals surface area (Å²) in [6.07, 6.45) is 0. The predicted molar refractivity (Wildman–Crippen MR) is 101 cm³/mol. The molecule has 3 unspecified atom stereocenters. The molecule has 1 aromatic heterocycles. The lowest BCUT2D eigenvalue weighted by atomic mass is 9.79. The van der Waals surface area contributed by atoms with Crippen LogP contribution in [0.1, 0.15) is 24.5 Å². The third kappa shape index (κ3) is 2.79. The number of ether oxygens (including phenoxy) is 1. The minimum absolute atomic E-state index is 0.0794. The SMILES string of the molecule is COC(=O)CN1C(=O)C2C(c3ccc(C)o3)N3C(=O)CN(CCO)C(=O)[C@@]3(C)C2C1=O. The molecule has 0 radical (unpaired) electrons. The highest BCUT2D eigenvalue weighted by atomic mass is 16.5. The first-order valence-corrected chi connectivity index (χ1v) is 9.87. The van der Waals surface area contributed by atoms with Gasteiger partial charge in [-0.05, 0) is 26.0 Å². The number of piperazine rings is 1. The summed E-state index contributed by atoms with van der Waals surface area (Å²) >= 11 is 0. The zero-order chi connectivity index (χ0) is 22.7. The van der Waals surface area contributed by atoms with Crippen LogP contribution in [0.3, 0.4) is 0 Å². The van der Waals surface area contributed by atoms with Gasteiger partial charge in [0.2, 0.25) is 23.6 Å². The van der Waals surface area contributed by atoms with E-state index in [4.69, 9.17) is 4.42 Å². The molecule has 0 bridgehead atoms. The zero-order valence-electron chi connectivity index (χ0n) is 17.4. The minimum Gasteiger partial charge on any atom is -0.468 e. The molecule has 11 heteroatoms. The van der Waals surface area contributed by atoms with E-state index < -0.39 is 59.6 Å². The Bertz CT molecular complexity index is 987. The van der Waals surface area contributed by atoms with Crippen LogP contribution in [0.2, 0.25) is 0 Å². The van der Waals surface area contributed by atoms with Crippen LogP contribution in [0, 0.1) is 18.8 Å². The van der Waals surface area contributed by atoms with Crippen LogP contribution >= 0.6 is 0 Å². The van der Waals surface area contributed by atoms with Crippen molar-refractivity contribution in [1.82, 2.24) is 14.7 Å². The van der Waals surface area contributed by atoms with Crippen molar-refractivity contribution < 1.29 is 38.2 Å². The van der Waals surface area contributed by atoms with Gasteiger partial charge in [-0.2, -0.15) is 0 Å². The number of aryl methyl sites for hydroxylation is 1. The average Bonchev–Trinajstić information content (AvgIpc) is 3.35. The Kier molecular flexibility index (Phi) is 4.88. The average molecular weight is 433 g/mol. The third-order valence-electron chi connectivity index (χ3n) is 6.42. The summed E-state index contributed by atoms with van der Waals surface area (Å²) in [5.41, 5.74) is -1.67. The summed E-state index contributed by atoms with van der Waals surface area (Å²) in [4.78, 5) is 68.3. The number of amides is 4. The van der Waals surface area contributed by atoms with E-state index in [0.29, 0.717) is 5.76 Å². The number of nitrogens with zero attached hydrogens (tertiary/aromatic N) is 3. The molecule has 3 saturated heterocycles. The standard InChI is InChI=1S/C20H23N3O8/c1-10-4-5-11(31-10)16-14-15(18(28)22(17(14)27)9-13(26)30-3)20(2)19(29)21(6-7-24)8-12(25)23(16)20/h4-5,14-16,24H,6-9H2,1-3H3/t14?,15?,16?,20-/m1/s1. The Morgan fingerprint density at radius 2 is 1.97 bits per heavy atom. The fraction of sp³-hybridized carbons (Fsp3) is 0.550. The van der Waals surface area contributed by atoms with Crippen LogP contribution in [0.25, 0.3) is 0 Å². The van der Waals surface area contributed by atoms with Crippen molar-refractivity contribution in [2.75, 3.05) is 33.4 Å². The Labute approximate surface area is 177 Å². The van der Waals surface area contributed by atoms with E-state index >= 15 is 0 Å². The largest absolute Gasteiger partial charge is 0.468 e. The summed E-state index contributed by atoms with van der Waals surface area (Å²) in [6.45, 7) is 1.86. The molecule has 31 heavy (non-hydrogen) atoms. The highest BCUT2D eigenvalue weighted by Gasteiger charge is 2.73. The maximum Gasteiger partial charge on any atom is 0.325 e. The van der Waals surface area contributed by atoms with Gasteiger partial charge in [0.15, 0.2) is 0 Å². The normalized spacial score (nSPS) is 30.2. The first-order chi connectivity index (χ1) is 14.7. The monoisotopic (exact) mass is 433 g/mol. The fourth-order valence-corrected chi connectivity index (χ4v) is 5.11. The summed E-state index contributed by atoms with van der Waals surface area (Å²) < 4.78 is 10.3. The molecule has 3 fully saturated rings. The van der Waals surface area contributed by atoms with Gasteiger partial charge in [-0.3, -0.25) is 28.9 Å². The minimum atomic E-state index is -1.67. The van der Waals surface area contributed by atoms with Gasteiger partial charge in [-0.25, -0.2) is 0 Å². The molecule has 0 aliphatic carbocycles. The number of rotatable bonds is 5. The number of methoxy groups -OCH3 is 1. The summed E-state index contributed by atoms with van der Waals surface area (Å²) in [6, 6.07) is 2.30. The fourth-order valence-electron chi connectivity index (χ4n) is 5.11. The molecule has 1 N–H and O–H groups in total. The number of hydrogen-bond acceptors (Lipinski definition) is 8. The highest BCUT2D eigenvalue weighted by molar-refractivity contribution is 6.13. The van der Waals surface area contributed by atoms with Crippen LogP contribution in [-0.2, 0) is 28.7 Å². The molecular formula is C20H23N3O8. The van der Waals surface area contributed by atoms with Gasteiger partial charge in [0.25, 0.3) is 0 Å². The second-order valence-electron chi connectivity index (χ2n) is 8.10. The second-order valence-corrected chi connectivity index (χ2v) is 8.10. The van der Waals surface area contributed by atoms with Gasteiger partial charge in [0.05, 0.1) is 32.1 Å². The highest BCUT2D eigenvalue weighted by Crippen LogP contribution is 2.56. The molecule has 3 aliphatic heterocycles. The van der Waals surface area contributed by atoms with Crippen molar-refractivity contribution >= 4 is 29.6 Å². The van der Waals surface area contributed by atoms with Gasteiger partial charge in [-0.1, -0.05) is 0 Å². The predicted octanol–water partition coefficient (Wildman–Crippen LogP) is -1.16. The number of fused-ring (bicyclic) bond motifs is 3. The lowest BCUT2D eigenvalue weighted by Crippen LogP contribution is -2.68. The Morgan fingerprint density at radius 1 is 1.26 bits per heavy atom. The van der Waals surface area contributed by atoms with Gasteiger partial charge in [0.1, 0.15) is 29.6 Å². The quantitative estimate of drug-likeness (QED) is 0.453. The third-order valence-corrected chi connectivity index (χ3v) is 6.42. The van der Waals surface area contributed by atoms with Crippen LogP contribution in [-0.4, -0.2) is 88.3 Å². The lowest BCUT2D eigenvalue weighted by Gasteiger charge is -2.46. The molecule has 0 spiro atoms. The number of hydrogen-bond donors (Lipinski definition) is 1. The number of β-amino-alcohol motifs (C(OH)–C–C–N with tert-alkyl or cyclic N) is 1. The molecule has 4 heterocycles. The Balaban J connectivity index is 1.86. The van der Waals surface area contributed by atoms with Gasteiger partial charge in [-0.15, -0.1) is 0 Å². The van der Waals surface area contributed by atoms with Crippen molar-refractivity contribution in [2.45, 2.75) is 25.4 Å². The van der Waals surface area contributed by atoms with E-state index in [1.165, 1.54) is 16.7 Å². The van der Waals surface area contributed by atoms with Crippen molar-refractivity contribution in [2.24, 2.45) is 11.8 Å². The summed E-state index contributed by atoms with van der Waals surface area (Å²) in [7, 11) is 1.14. The second kappa shape index (κ2) is 7.19. The number of furan rings is 1. The maximum absolute atomic E-state index is 13.4. The number of likely N-dealkylation sites (tertiary alicyclic amines) is 1. The molecule has 0 saturated carbocycles. The number of imide groups is 1. The summed E-state index contributed by atoms with van der Waals surface area (Å²) in [5.74, 6) is -4.60. The van der Waals surface area contributed by atoms with Crippen molar-refractivity contribution in [1.29, 1.82) is 0 Å². The van der Waals surface area contributed by atoms with Gasteiger partial charge >= 0.3 is 5.97 Å². The topological polar surface area (TPSA) is 138 Å². The molecule has 1 aromatic rings. The number of carbonyl (C=O) groups excluding carboxylic acids is 5. The lowest BCUT2D eigenvalue weighted by molar-refractivity contribution is -0.169. The van der Waals surface area contributed by atoms with E-state index in [0.717, 1.165) is 12.0 Å². The van der Waals surface area contributed by atoms with E-state index in [2.05, 4.69) is 4.74 Å². The summed E-state index contributed by atoms with van der Waals surface area (Å²) in [5, 5.41) is 9.32.